The Hall–Kier alpha value is -7.37. The van der Waals surface area contributed by atoms with Gasteiger partial charge in [0.05, 0.1) is 22.1 Å². The van der Waals surface area contributed by atoms with Crippen molar-refractivity contribution in [2.45, 2.75) is 51.4 Å². The minimum atomic E-state index is 0.103. The molecule has 8 aromatic carbocycles. The Morgan fingerprint density at radius 1 is 0.371 bits per heavy atom. The predicted octanol–water partition coefficient (Wildman–Crippen LogP) is 14.6. The molecule has 3 aromatic heterocycles. The van der Waals surface area contributed by atoms with E-state index in [1.165, 1.54) is 56.5 Å². The highest BCUT2D eigenvalue weighted by atomic mass is 15.0. The van der Waals surface area contributed by atoms with Crippen LogP contribution in [0.15, 0.2) is 176 Å². The van der Waals surface area contributed by atoms with Gasteiger partial charge < -0.3 is 9.13 Å². The summed E-state index contributed by atoms with van der Waals surface area (Å²) < 4.78 is 4.78. The maximum atomic E-state index is 5.26. The minimum Gasteiger partial charge on any atom is -0.309 e. The fourth-order valence-corrected chi connectivity index (χ4v) is 10.2. The van der Waals surface area contributed by atoms with Crippen LogP contribution < -0.4 is 0 Å². The molecule has 0 aliphatic heterocycles. The summed E-state index contributed by atoms with van der Waals surface area (Å²) in [5.74, 6) is 1.90. The van der Waals surface area contributed by atoms with E-state index in [4.69, 9.17) is 15.0 Å². The van der Waals surface area contributed by atoms with E-state index in [1.54, 1.807) is 0 Å². The number of rotatable bonds is 5. The van der Waals surface area contributed by atoms with Crippen LogP contribution in [-0.2, 0) is 10.8 Å². The van der Waals surface area contributed by atoms with Crippen molar-refractivity contribution in [3.05, 3.63) is 187 Å². The van der Waals surface area contributed by atoms with Gasteiger partial charge in [0.25, 0.3) is 0 Å². The average molecular weight is 800 g/mol. The van der Waals surface area contributed by atoms with Crippen molar-refractivity contribution in [1.82, 2.24) is 24.1 Å². The van der Waals surface area contributed by atoms with Crippen LogP contribution in [0.4, 0.5) is 0 Å². The van der Waals surface area contributed by atoms with E-state index >= 15 is 0 Å². The van der Waals surface area contributed by atoms with Crippen LogP contribution in [0.5, 0.6) is 0 Å². The molecule has 0 spiro atoms. The zero-order chi connectivity index (χ0) is 41.7. The third-order valence-corrected chi connectivity index (χ3v) is 13.6. The van der Waals surface area contributed by atoms with E-state index in [-0.39, 0.29) is 10.8 Å². The van der Waals surface area contributed by atoms with Gasteiger partial charge in [-0.1, -0.05) is 137 Å². The third-order valence-electron chi connectivity index (χ3n) is 13.6. The Morgan fingerprint density at radius 3 is 1.53 bits per heavy atom. The zero-order valence-corrected chi connectivity index (χ0v) is 35.4. The molecule has 0 saturated carbocycles. The predicted molar refractivity (Wildman–Crippen MR) is 258 cm³/mol. The van der Waals surface area contributed by atoms with E-state index in [9.17, 15) is 0 Å². The molecule has 0 radical (unpaired) electrons. The topological polar surface area (TPSA) is 48.5 Å². The van der Waals surface area contributed by atoms with Gasteiger partial charge in [-0.2, -0.15) is 0 Å². The number of hydrogen-bond donors (Lipinski definition) is 0. The third kappa shape index (κ3) is 5.65. The molecule has 1 aliphatic rings. The second-order valence-electron chi connectivity index (χ2n) is 18.3. The van der Waals surface area contributed by atoms with Crippen molar-refractivity contribution in [3.8, 4) is 45.5 Å². The van der Waals surface area contributed by atoms with Gasteiger partial charge in [-0.15, -0.1) is 0 Å². The van der Waals surface area contributed by atoms with Gasteiger partial charge in [-0.25, -0.2) is 15.0 Å². The highest BCUT2D eigenvalue weighted by Crippen LogP contribution is 2.48. The number of para-hydroxylation sites is 3. The van der Waals surface area contributed by atoms with Crippen molar-refractivity contribution in [3.63, 3.8) is 0 Å². The van der Waals surface area contributed by atoms with E-state index < -0.39 is 0 Å². The Morgan fingerprint density at radius 2 is 0.871 bits per heavy atom. The SMILES string of the molecule is CC1(C)CCC(C)(C)c2cc3c(cc21)c1ccccc1n3-c1ccc(-c2nc(-c3cccc(-n4c5ccccc5c5ccccc54)c3)nc(-c3cccc4ccccc34)n2)cc1. The summed E-state index contributed by atoms with van der Waals surface area (Å²) in [5, 5.41) is 7.28. The maximum Gasteiger partial charge on any atom is 0.164 e. The van der Waals surface area contributed by atoms with Crippen LogP contribution in [0, 0.1) is 0 Å². The van der Waals surface area contributed by atoms with Gasteiger partial charge in [-0.05, 0) is 112 Å². The number of aromatic nitrogens is 5. The molecule has 12 rings (SSSR count). The molecule has 5 nitrogen and oxygen atoms in total. The number of hydrogen-bond acceptors (Lipinski definition) is 3. The van der Waals surface area contributed by atoms with Crippen molar-refractivity contribution < 1.29 is 0 Å². The van der Waals surface area contributed by atoms with Gasteiger partial charge in [-0.3, -0.25) is 0 Å². The second-order valence-corrected chi connectivity index (χ2v) is 18.3. The summed E-state index contributed by atoms with van der Waals surface area (Å²) in [5.41, 5.74) is 12.9. The van der Waals surface area contributed by atoms with E-state index in [0.29, 0.717) is 17.5 Å². The first-order valence-electron chi connectivity index (χ1n) is 21.7. The van der Waals surface area contributed by atoms with Crippen LogP contribution in [-0.4, -0.2) is 24.1 Å². The summed E-state index contributed by atoms with van der Waals surface area (Å²) in [7, 11) is 0. The van der Waals surface area contributed by atoms with Gasteiger partial charge in [0.1, 0.15) is 0 Å². The largest absolute Gasteiger partial charge is 0.309 e. The van der Waals surface area contributed by atoms with Gasteiger partial charge in [0.15, 0.2) is 17.5 Å². The first kappa shape index (κ1) is 36.5. The van der Waals surface area contributed by atoms with Crippen molar-refractivity contribution in [1.29, 1.82) is 0 Å². The quantitative estimate of drug-likeness (QED) is 0.174. The molecule has 0 unspecified atom stereocenters. The summed E-state index contributed by atoms with van der Waals surface area (Å²) in [4.78, 5) is 15.7. The molecule has 3 heterocycles. The molecule has 0 atom stereocenters. The Kier molecular flexibility index (Phi) is 7.98. The van der Waals surface area contributed by atoms with Crippen LogP contribution in [0.2, 0.25) is 0 Å². The first-order valence-corrected chi connectivity index (χ1v) is 21.7. The van der Waals surface area contributed by atoms with Gasteiger partial charge in [0.2, 0.25) is 0 Å². The summed E-state index contributed by atoms with van der Waals surface area (Å²) in [6.07, 6.45) is 2.36. The molecule has 62 heavy (non-hydrogen) atoms. The molecule has 1 aliphatic carbocycles. The fourth-order valence-electron chi connectivity index (χ4n) is 10.2. The second kappa shape index (κ2) is 13.6. The summed E-state index contributed by atoms with van der Waals surface area (Å²) in [6, 6.07) is 63.2. The molecular weight excluding hydrogens is 755 g/mol. The van der Waals surface area contributed by atoms with Crippen LogP contribution in [0.3, 0.4) is 0 Å². The fraction of sp³-hybridized carbons (Fsp3) is 0.140. The van der Waals surface area contributed by atoms with E-state index in [1.807, 2.05) is 0 Å². The van der Waals surface area contributed by atoms with E-state index in [2.05, 4.69) is 213 Å². The Balaban J connectivity index is 1.02. The molecule has 0 fully saturated rings. The molecule has 0 N–H and O–H groups in total. The van der Waals surface area contributed by atoms with Crippen molar-refractivity contribution in [2.24, 2.45) is 0 Å². The lowest BCUT2D eigenvalue weighted by molar-refractivity contribution is 0.332. The average Bonchev–Trinajstić information content (AvgIpc) is 3.82. The van der Waals surface area contributed by atoms with Crippen LogP contribution in [0.25, 0.3) is 99.9 Å². The van der Waals surface area contributed by atoms with Gasteiger partial charge in [0, 0.05) is 49.6 Å². The molecule has 0 bridgehead atoms. The number of benzene rings is 8. The summed E-state index contributed by atoms with van der Waals surface area (Å²) in [6.45, 7) is 9.63. The van der Waals surface area contributed by atoms with Crippen LogP contribution in [0.1, 0.15) is 51.7 Å². The molecule has 11 aromatic rings. The van der Waals surface area contributed by atoms with Crippen molar-refractivity contribution in [2.75, 3.05) is 0 Å². The smallest absolute Gasteiger partial charge is 0.164 e. The van der Waals surface area contributed by atoms with Crippen LogP contribution >= 0.6 is 0 Å². The van der Waals surface area contributed by atoms with E-state index in [0.717, 1.165) is 49.9 Å². The van der Waals surface area contributed by atoms with Gasteiger partial charge >= 0.3 is 0 Å². The molecule has 0 saturated heterocycles. The highest BCUT2D eigenvalue weighted by Gasteiger charge is 2.38. The Labute approximate surface area is 361 Å². The molecular formula is C57H45N5. The number of fused-ring (bicyclic) bond motifs is 8. The molecule has 5 heteroatoms. The lowest BCUT2D eigenvalue weighted by atomic mass is 9.63. The lowest BCUT2D eigenvalue weighted by Crippen LogP contribution is -2.33. The summed E-state index contributed by atoms with van der Waals surface area (Å²) >= 11 is 0. The van der Waals surface area contributed by atoms with Crippen molar-refractivity contribution >= 4 is 54.4 Å². The first-order chi connectivity index (χ1) is 30.2. The Bertz CT molecular complexity index is 3530. The molecule has 0 amide bonds. The molecule has 298 valence electrons. The highest BCUT2D eigenvalue weighted by molar-refractivity contribution is 6.10. The number of nitrogens with zero attached hydrogens (tertiary/aromatic N) is 5. The normalized spacial score (nSPS) is 14.6. The zero-order valence-electron chi connectivity index (χ0n) is 35.4. The minimum absolute atomic E-state index is 0.103. The monoisotopic (exact) mass is 799 g/mol. The lowest BCUT2D eigenvalue weighted by Gasteiger charge is -2.42. The standard InChI is InChI=1S/C57H45N5/c1-56(2)31-32-57(3,4)48-35-52-46(34-47(48)56)44-22-9-12-26-51(44)61(52)39-29-27-37(28-30-39)53-58-54(60-55(59-53)45-23-14-16-36-15-5-6-19-41(36)45)38-17-13-18-40(33-38)62-49-24-10-7-20-42(49)43-21-8-11-25-50(43)62/h5-30,33-35H,31-32H2,1-4H3. The maximum absolute atomic E-state index is 5.26.